The highest BCUT2D eigenvalue weighted by molar-refractivity contribution is 5.84. The van der Waals surface area contributed by atoms with Gasteiger partial charge in [-0.3, -0.25) is 0 Å². The summed E-state index contributed by atoms with van der Waals surface area (Å²) in [5.74, 6) is 1.09. The van der Waals surface area contributed by atoms with E-state index in [4.69, 9.17) is 0 Å². The van der Waals surface area contributed by atoms with Crippen molar-refractivity contribution < 1.29 is 0 Å². The average Bonchev–Trinajstić information content (AvgIpc) is 3.14. The summed E-state index contributed by atoms with van der Waals surface area (Å²) in [6.07, 6.45) is 8.50. The molecule has 4 heteroatoms. The van der Waals surface area contributed by atoms with Crippen molar-refractivity contribution in [3.63, 3.8) is 0 Å². The SMILES string of the molecule is C[C@@H]1C[C@@H](n2ccnc2-c2ccc3c(ccn3C)c2)CCN1. The third kappa shape index (κ3) is 2.24. The van der Waals surface area contributed by atoms with Crippen LogP contribution in [0.15, 0.2) is 42.9 Å². The molecule has 1 N–H and O–H groups in total. The van der Waals surface area contributed by atoms with Gasteiger partial charge in [0.15, 0.2) is 0 Å². The highest BCUT2D eigenvalue weighted by Gasteiger charge is 2.22. The maximum absolute atomic E-state index is 4.64. The Morgan fingerprint density at radius 3 is 3.00 bits per heavy atom. The van der Waals surface area contributed by atoms with Gasteiger partial charge < -0.3 is 14.5 Å². The zero-order chi connectivity index (χ0) is 15.1. The summed E-state index contributed by atoms with van der Waals surface area (Å²) in [5, 5.41) is 4.80. The lowest BCUT2D eigenvalue weighted by molar-refractivity contribution is 0.315. The number of fused-ring (bicyclic) bond motifs is 1. The van der Waals surface area contributed by atoms with Crippen LogP contribution in [0.2, 0.25) is 0 Å². The van der Waals surface area contributed by atoms with Gasteiger partial charge in [-0.05, 0) is 50.6 Å². The topological polar surface area (TPSA) is 34.8 Å². The van der Waals surface area contributed by atoms with Gasteiger partial charge in [0.2, 0.25) is 0 Å². The predicted octanol–water partition coefficient (Wildman–Crippen LogP) is 3.35. The Bertz CT molecular complexity index is 798. The summed E-state index contributed by atoms with van der Waals surface area (Å²) >= 11 is 0. The summed E-state index contributed by atoms with van der Waals surface area (Å²) < 4.78 is 4.52. The van der Waals surface area contributed by atoms with E-state index in [-0.39, 0.29) is 0 Å². The normalized spacial score (nSPS) is 22.3. The van der Waals surface area contributed by atoms with Crippen molar-refractivity contribution in [1.29, 1.82) is 0 Å². The molecule has 0 unspecified atom stereocenters. The van der Waals surface area contributed by atoms with Gasteiger partial charge >= 0.3 is 0 Å². The molecule has 1 saturated heterocycles. The van der Waals surface area contributed by atoms with Crippen molar-refractivity contribution in [1.82, 2.24) is 19.4 Å². The number of benzene rings is 1. The van der Waals surface area contributed by atoms with Crippen molar-refractivity contribution in [2.75, 3.05) is 6.54 Å². The molecule has 1 aromatic carbocycles. The molecule has 3 aromatic rings. The number of aromatic nitrogens is 3. The molecule has 2 atom stereocenters. The third-order valence-electron chi connectivity index (χ3n) is 4.80. The van der Waals surface area contributed by atoms with Gasteiger partial charge in [-0.2, -0.15) is 0 Å². The molecule has 4 rings (SSSR count). The van der Waals surface area contributed by atoms with Crippen LogP contribution in [0.25, 0.3) is 22.3 Å². The number of hydrogen-bond acceptors (Lipinski definition) is 2. The zero-order valence-electron chi connectivity index (χ0n) is 13.2. The molecule has 1 fully saturated rings. The van der Waals surface area contributed by atoms with Crippen LogP contribution < -0.4 is 5.32 Å². The van der Waals surface area contributed by atoms with Crippen LogP contribution in [0, 0.1) is 0 Å². The second kappa shape index (κ2) is 5.29. The second-order valence-electron chi connectivity index (χ2n) is 6.39. The van der Waals surface area contributed by atoms with Crippen LogP contribution in [-0.4, -0.2) is 26.7 Å². The molecule has 0 saturated carbocycles. The summed E-state index contributed by atoms with van der Waals surface area (Å²) in [6.45, 7) is 3.35. The second-order valence-corrected chi connectivity index (χ2v) is 6.39. The third-order valence-corrected chi connectivity index (χ3v) is 4.80. The number of aryl methyl sites for hydroxylation is 1. The van der Waals surface area contributed by atoms with Gasteiger partial charge in [0.05, 0.1) is 0 Å². The molecule has 0 bridgehead atoms. The van der Waals surface area contributed by atoms with Crippen molar-refractivity contribution in [2.24, 2.45) is 7.05 Å². The largest absolute Gasteiger partial charge is 0.351 e. The Balaban J connectivity index is 1.74. The van der Waals surface area contributed by atoms with Crippen LogP contribution in [0.1, 0.15) is 25.8 Å². The van der Waals surface area contributed by atoms with E-state index in [0.717, 1.165) is 18.8 Å². The van der Waals surface area contributed by atoms with Crippen LogP contribution in [0.3, 0.4) is 0 Å². The van der Waals surface area contributed by atoms with E-state index >= 15 is 0 Å². The smallest absolute Gasteiger partial charge is 0.140 e. The number of nitrogens with zero attached hydrogens (tertiary/aromatic N) is 3. The van der Waals surface area contributed by atoms with Crippen LogP contribution >= 0.6 is 0 Å². The Morgan fingerprint density at radius 2 is 2.14 bits per heavy atom. The fourth-order valence-corrected chi connectivity index (χ4v) is 3.61. The monoisotopic (exact) mass is 294 g/mol. The summed E-state index contributed by atoms with van der Waals surface area (Å²) in [7, 11) is 2.08. The van der Waals surface area contributed by atoms with E-state index in [9.17, 15) is 0 Å². The molecule has 22 heavy (non-hydrogen) atoms. The first-order valence-corrected chi connectivity index (χ1v) is 8.04. The van der Waals surface area contributed by atoms with Crippen molar-refractivity contribution in [3.05, 3.63) is 42.9 Å². The fraction of sp³-hybridized carbons (Fsp3) is 0.389. The molecule has 0 amide bonds. The summed E-state index contributed by atoms with van der Waals surface area (Å²) in [5.41, 5.74) is 2.47. The minimum atomic E-state index is 0.542. The summed E-state index contributed by atoms with van der Waals surface area (Å²) in [6, 6.07) is 9.91. The van der Waals surface area contributed by atoms with E-state index in [0.29, 0.717) is 12.1 Å². The number of nitrogens with one attached hydrogen (secondary N) is 1. The molecule has 0 aliphatic carbocycles. The molecule has 0 spiro atoms. The van der Waals surface area contributed by atoms with Crippen LogP contribution in [0.4, 0.5) is 0 Å². The highest BCUT2D eigenvalue weighted by atomic mass is 15.1. The maximum Gasteiger partial charge on any atom is 0.140 e. The molecule has 3 heterocycles. The number of piperidine rings is 1. The van der Waals surface area contributed by atoms with Gasteiger partial charge in [-0.25, -0.2) is 4.98 Å². The van der Waals surface area contributed by atoms with E-state index < -0.39 is 0 Å². The zero-order valence-corrected chi connectivity index (χ0v) is 13.2. The van der Waals surface area contributed by atoms with Gasteiger partial charge in [0.25, 0.3) is 0 Å². The molecule has 0 radical (unpaired) electrons. The van der Waals surface area contributed by atoms with Crippen molar-refractivity contribution >= 4 is 10.9 Å². The van der Waals surface area contributed by atoms with E-state index in [1.54, 1.807) is 0 Å². The highest BCUT2D eigenvalue weighted by Crippen LogP contribution is 2.29. The van der Waals surface area contributed by atoms with Gasteiger partial charge in [-0.1, -0.05) is 0 Å². The van der Waals surface area contributed by atoms with E-state index in [2.05, 4.69) is 70.1 Å². The lowest BCUT2D eigenvalue weighted by Crippen LogP contribution is -2.36. The predicted molar refractivity (Wildman–Crippen MR) is 89.9 cm³/mol. The van der Waals surface area contributed by atoms with Gasteiger partial charge in [0.1, 0.15) is 5.82 Å². The van der Waals surface area contributed by atoms with Gasteiger partial charge in [0, 0.05) is 54.2 Å². The molecule has 1 aliphatic heterocycles. The molecule has 114 valence electrons. The van der Waals surface area contributed by atoms with Crippen molar-refractivity contribution in [2.45, 2.75) is 31.8 Å². The first kappa shape index (κ1) is 13.6. The van der Waals surface area contributed by atoms with Gasteiger partial charge in [-0.15, -0.1) is 0 Å². The lowest BCUT2D eigenvalue weighted by atomic mass is 10.00. The number of hydrogen-bond donors (Lipinski definition) is 1. The van der Waals surface area contributed by atoms with E-state index in [1.165, 1.54) is 22.9 Å². The molecule has 4 nitrogen and oxygen atoms in total. The van der Waals surface area contributed by atoms with Crippen LogP contribution in [0.5, 0.6) is 0 Å². The Labute approximate surface area is 130 Å². The number of rotatable bonds is 2. The average molecular weight is 294 g/mol. The minimum absolute atomic E-state index is 0.542. The summed E-state index contributed by atoms with van der Waals surface area (Å²) in [4.78, 5) is 4.64. The minimum Gasteiger partial charge on any atom is -0.351 e. The molecule has 1 aliphatic rings. The van der Waals surface area contributed by atoms with E-state index in [1.807, 2.05) is 6.20 Å². The molecule has 2 aromatic heterocycles. The Kier molecular flexibility index (Phi) is 3.26. The molecular weight excluding hydrogens is 272 g/mol. The van der Waals surface area contributed by atoms with Crippen LogP contribution in [-0.2, 0) is 7.05 Å². The molecular formula is C18H22N4. The Morgan fingerprint density at radius 1 is 1.23 bits per heavy atom. The maximum atomic E-state index is 4.64. The quantitative estimate of drug-likeness (QED) is 0.786. The van der Waals surface area contributed by atoms with Crippen molar-refractivity contribution in [3.8, 4) is 11.4 Å². The number of imidazole rings is 1. The fourth-order valence-electron chi connectivity index (χ4n) is 3.61. The Hall–Kier alpha value is -2.07. The standard InChI is InChI=1S/C18H22N4/c1-13-11-16(5-7-19-13)22-10-8-20-18(22)15-3-4-17-14(12-15)6-9-21(17)2/h3-4,6,8-10,12-13,16,19H,5,7,11H2,1-2H3/t13-,16+/m1/s1. The first-order chi connectivity index (χ1) is 10.7. The first-order valence-electron chi connectivity index (χ1n) is 8.04. The lowest BCUT2D eigenvalue weighted by Gasteiger charge is -2.30.